The van der Waals surface area contributed by atoms with Crippen LogP contribution in [0.25, 0.3) is 0 Å². The van der Waals surface area contributed by atoms with Gasteiger partial charge < -0.3 is 9.53 Å². The molecular formula is C20H38O3. The van der Waals surface area contributed by atoms with E-state index in [2.05, 4.69) is 20.8 Å². The van der Waals surface area contributed by atoms with Gasteiger partial charge in [0.05, 0.1) is 6.61 Å². The van der Waals surface area contributed by atoms with Crippen LogP contribution in [0.2, 0.25) is 0 Å². The number of carbonyl (C=O) groups excluding carboxylic acids is 2. The van der Waals surface area contributed by atoms with E-state index >= 15 is 0 Å². The molecule has 23 heavy (non-hydrogen) atoms. The van der Waals surface area contributed by atoms with E-state index in [9.17, 15) is 9.59 Å². The molecule has 0 heterocycles. The lowest BCUT2D eigenvalue weighted by atomic mass is 9.95. The van der Waals surface area contributed by atoms with Gasteiger partial charge in [0.25, 0.3) is 0 Å². The second kappa shape index (κ2) is 14.7. The Morgan fingerprint density at radius 3 is 2.00 bits per heavy atom. The highest BCUT2D eigenvalue weighted by atomic mass is 16.5. The molecule has 1 unspecified atom stereocenters. The van der Waals surface area contributed by atoms with E-state index < -0.39 is 0 Å². The van der Waals surface area contributed by atoms with Crippen molar-refractivity contribution in [3.05, 3.63) is 0 Å². The molecular weight excluding hydrogens is 288 g/mol. The van der Waals surface area contributed by atoms with Crippen molar-refractivity contribution in [2.24, 2.45) is 11.8 Å². The molecule has 0 aromatic heterocycles. The van der Waals surface area contributed by atoms with Gasteiger partial charge in [-0.15, -0.1) is 0 Å². The van der Waals surface area contributed by atoms with E-state index in [-0.39, 0.29) is 5.97 Å². The third-order valence-corrected chi connectivity index (χ3v) is 4.25. The van der Waals surface area contributed by atoms with Gasteiger partial charge in [-0.1, -0.05) is 65.7 Å². The molecule has 0 aliphatic rings. The van der Waals surface area contributed by atoms with Crippen LogP contribution in [-0.4, -0.2) is 18.4 Å². The average Bonchev–Trinajstić information content (AvgIpc) is 2.49. The van der Waals surface area contributed by atoms with Gasteiger partial charge in [-0.25, -0.2) is 0 Å². The molecule has 0 N–H and O–H groups in total. The predicted octanol–water partition coefficient (Wildman–Crippen LogP) is 5.70. The summed E-state index contributed by atoms with van der Waals surface area (Å²) in [6.45, 7) is 8.49. The summed E-state index contributed by atoms with van der Waals surface area (Å²) in [7, 11) is 0. The molecule has 0 bridgehead atoms. The van der Waals surface area contributed by atoms with Gasteiger partial charge in [-0.05, 0) is 31.6 Å². The number of hydrogen-bond acceptors (Lipinski definition) is 3. The third-order valence-electron chi connectivity index (χ3n) is 4.25. The van der Waals surface area contributed by atoms with Crippen molar-refractivity contribution in [2.75, 3.05) is 6.61 Å². The molecule has 3 heteroatoms. The van der Waals surface area contributed by atoms with Crippen LogP contribution in [0.3, 0.4) is 0 Å². The van der Waals surface area contributed by atoms with Gasteiger partial charge in [0.2, 0.25) is 0 Å². The zero-order chi connectivity index (χ0) is 17.5. The van der Waals surface area contributed by atoms with Crippen molar-refractivity contribution in [3.8, 4) is 0 Å². The number of unbranched alkanes of at least 4 members (excludes halogenated alkanes) is 6. The quantitative estimate of drug-likeness (QED) is 0.286. The van der Waals surface area contributed by atoms with Crippen molar-refractivity contribution in [2.45, 2.75) is 98.3 Å². The third kappa shape index (κ3) is 15.8. The molecule has 0 aromatic carbocycles. The number of esters is 1. The first-order valence-electron chi connectivity index (χ1n) is 9.60. The van der Waals surface area contributed by atoms with E-state index in [4.69, 9.17) is 4.74 Å². The summed E-state index contributed by atoms with van der Waals surface area (Å²) in [5.74, 6) is 1.17. The largest absolute Gasteiger partial charge is 0.465 e. The molecule has 0 aliphatic heterocycles. The monoisotopic (exact) mass is 326 g/mol. The van der Waals surface area contributed by atoms with Crippen LogP contribution in [0.4, 0.5) is 0 Å². The number of ether oxygens (including phenoxy) is 1. The molecule has 0 saturated carbocycles. The summed E-state index contributed by atoms with van der Waals surface area (Å²) < 4.78 is 5.27. The number of hydrogen-bond donors (Lipinski definition) is 0. The maximum absolute atomic E-state index is 11.8. The van der Waals surface area contributed by atoms with Crippen molar-refractivity contribution >= 4 is 11.8 Å². The highest BCUT2D eigenvalue weighted by molar-refractivity contribution is 5.75. The van der Waals surface area contributed by atoms with E-state index in [1.54, 1.807) is 6.92 Å². The first kappa shape index (κ1) is 22.1. The summed E-state index contributed by atoms with van der Waals surface area (Å²) in [6.07, 6.45) is 12.0. The Kier molecular flexibility index (Phi) is 14.2. The minimum Gasteiger partial charge on any atom is -0.465 e. The maximum atomic E-state index is 11.8. The van der Waals surface area contributed by atoms with Gasteiger partial charge in [0, 0.05) is 12.8 Å². The number of carbonyl (C=O) groups is 2. The first-order chi connectivity index (χ1) is 11.0. The standard InChI is InChI=1S/C20H38O3/c1-5-19(15-20(22)23-16-17(2)3)14-12-10-8-6-7-9-11-13-18(4)21/h17,19H,5-16H2,1-4H3. The molecule has 0 saturated heterocycles. The molecule has 1 atom stereocenters. The minimum absolute atomic E-state index is 0.0315. The summed E-state index contributed by atoms with van der Waals surface area (Å²) in [4.78, 5) is 22.6. The second-order valence-corrected chi connectivity index (χ2v) is 7.27. The summed E-state index contributed by atoms with van der Waals surface area (Å²) >= 11 is 0. The van der Waals surface area contributed by atoms with Crippen LogP contribution < -0.4 is 0 Å². The minimum atomic E-state index is -0.0315. The molecule has 0 spiro atoms. The van der Waals surface area contributed by atoms with Crippen LogP contribution in [-0.2, 0) is 14.3 Å². The Bertz CT molecular complexity index is 310. The Hall–Kier alpha value is -0.860. The van der Waals surface area contributed by atoms with Crippen molar-refractivity contribution in [3.63, 3.8) is 0 Å². The van der Waals surface area contributed by atoms with Crippen molar-refractivity contribution in [1.29, 1.82) is 0 Å². The van der Waals surface area contributed by atoms with Crippen molar-refractivity contribution < 1.29 is 14.3 Å². The SMILES string of the molecule is CCC(CCCCCCCCCC(C)=O)CC(=O)OCC(C)C. The van der Waals surface area contributed by atoms with Crippen LogP contribution in [0.5, 0.6) is 0 Å². The van der Waals surface area contributed by atoms with Gasteiger partial charge >= 0.3 is 5.97 Å². The van der Waals surface area contributed by atoms with Crippen molar-refractivity contribution in [1.82, 2.24) is 0 Å². The fourth-order valence-corrected chi connectivity index (χ4v) is 2.70. The molecule has 0 radical (unpaired) electrons. The zero-order valence-electron chi connectivity index (χ0n) is 15.9. The topological polar surface area (TPSA) is 43.4 Å². The molecule has 0 amide bonds. The number of rotatable bonds is 15. The van der Waals surface area contributed by atoms with E-state index in [1.807, 2.05) is 0 Å². The summed E-state index contributed by atoms with van der Waals surface area (Å²) in [6, 6.07) is 0. The van der Waals surface area contributed by atoms with E-state index in [0.717, 1.165) is 25.7 Å². The van der Waals surface area contributed by atoms with Crippen LogP contribution in [0.15, 0.2) is 0 Å². The predicted molar refractivity (Wildman–Crippen MR) is 96.4 cm³/mol. The molecule has 0 aliphatic carbocycles. The lowest BCUT2D eigenvalue weighted by molar-refractivity contribution is -0.146. The Morgan fingerprint density at radius 1 is 0.913 bits per heavy atom. The molecule has 136 valence electrons. The lowest BCUT2D eigenvalue weighted by Gasteiger charge is -2.14. The van der Waals surface area contributed by atoms with E-state index in [1.165, 1.54) is 38.5 Å². The van der Waals surface area contributed by atoms with Crippen LogP contribution >= 0.6 is 0 Å². The lowest BCUT2D eigenvalue weighted by Crippen LogP contribution is -2.14. The van der Waals surface area contributed by atoms with Crippen LogP contribution in [0.1, 0.15) is 98.3 Å². The van der Waals surface area contributed by atoms with Gasteiger partial charge in [-0.2, -0.15) is 0 Å². The molecule has 0 aromatic rings. The Balaban J connectivity index is 3.53. The normalized spacial score (nSPS) is 12.4. The average molecular weight is 327 g/mol. The number of Topliss-reactive ketones (excluding diaryl/α,β-unsaturated/α-hetero) is 1. The van der Waals surface area contributed by atoms with Gasteiger partial charge in [-0.3, -0.25) is 4.79 Å². The summed E-state index contributed by atoms with van der Waals surface area (Å²) in [5.41, 5.74) is 0. The van der Waals surface area contributed by atoms with Gasteiger partial charge in [0.15, 0.2) is 0 Å². The van der Waals surface area contributed by atoms with E-state index in [0.29, 0.717) is 30.6 Å². The first-order valence-corrected chi connectivity index (χ1v) is 9.60. The highest BCUT2D eigenvalue weighted by Gasteiger charge is 2.13. The van der Waals surface area contributed by atoms with Crippen LogP contribution in [0, 0.1) is 11.8 Å². The van der Waals surface area contributed by atoms with Gasteiger partial charge in [0.1, 0.15) is 5.78 Å². The Labute approximate surface area is 143 Å². The fourth-order valence-electron chi connectivity index (χ4n) is 2.70. The fraction of sp³-hybridized carbons (Fsp3) is 0.900. The Morgan fingerprint density at radius 2 is 1.48 bits per heavy atom. The maximum Gasteiger partial charge on any atom is 0.306 e. The molecule has 0 rings (SSSR count). The zero-order valence-corrected chi connectivity index (χ0v) is 15.9. The summed E-state index contributed by atoms with van der Waals surface area (Å²) in [5, 5.41) is 0. The smallest absolute Gasteiger partial charge is 0.306 e. The second-order valence-electron chi connectivity index (χ2n) is 7.27. The number of ketones is 1. The molecule has 0 fully saturated rings. The highest BCUT2D eigenvalue weighted by Crippen LogP contribution is 2.19. The molecule has 3 nitrogen and oxygen atoms in total.